The molecule has 0 amide bonds. The summed E-state index contributed by atoms with van der Waals surface area (Å²) < 4.78 is 50.3. The monoisotopic (exact) mass is 765 g/mol. The van der Waals surface area contributed by atoms with Gasteiger partial charge in [-0.25, -0.2) is 0 Å². The number of hydrogen-bond donors (Lipinski definition) is 0. The molecule has 2 saturated carbocycles. The number of nitrogens with zero attached hydrogens (tertiary/aromatic N) is 4. The lowest BCUT2D eigenvalue weighted by Crippen LogP contribution is -2.66. The van der Waals surface area contributed by atoms with Gasteiger partial charge in [-0.3, -0.25) is 9.80 Å². The highest BCUT2D eigenvalue weighted by Crippen LogP contribution is 2.53. The molecule has 0 aromatic heterocycles. The third-order valence-electron chi connectivity index (χ3n) is 12.7. The van der Waals surface area contributed by atoms with Gasteiger partial charge < -0.3 is 9.47 Å². The Balaban J connectivity index is 0.000000233. The predicted molar refractivity (Wildman–Crippen MR) is 215 cm³/mol. The van der Waals surface area contributed by atoms with Crippen molar-refractivity contribution in [2.24, 2.45) is 16.2 Å². The molecule has 304 valence electrons. The summed E-state index contributed by atoms with van der Waals surface area (Å²) in [6.45, 7) is 23.1. The van der Waals surface area contributed by atoms with Crippen LogP contribution in [0.15, 0.2) is 48.5 Å². The fourth-order valence-electron chi connectivity index (χ4n) is 9.05. The summed E-state index contributed by atoms with van der Waals surface area (Å²) in [4.78, 5) is 4.99. The lowest BCUT2D eigenvalue weighted by Gasteiger charge is -2.55. The number of hydrogen-bond acceptors (Lipinski definition) is 6. The van der Waals surface area contributed by atoms with E-state index in [0.717, 1.165) is 69.7 Å². The lowest BCUT2D eigenvalue weighted by atomic mass is 9.57. The van der Waals surface area contributed by atoms with Crippen LogP contribution in [-0.4, -0.2) is 59.3 Å². The van der Waals surface area contributed by atoms with Crippen LogP contribution in [-0.2, 0) is 6.18 Å². The van der Waals surface area contributed by atoms with Gasteiger partial charge in [0.25, 0.3) is 0 Å². The third-order valence-corrected chi connectivity index (χ3v) is 12.7. The fourth-order valence-corrected chi connectivity index (χ4v) is 9.05. The van der Waals surface area contributed by atoms with Gasteiger partial charge in [-0.2, -0.15) is 23.7 Å². The van der Waals surface area contributed by atoms with Gasteiger partial charge >= 0.3 is 6.18 Å². The van der Waals surface area contributed by atoms with Gasteiger partial charge in [-0.05, 0) is 125 Å². The Morgan fingerprint density at radius 3 is 1.42 bits per heavy atom. The normalized spacial score (nSPS) is 27.6. The highest BCUT2D eigenvalue weighted by molar-refractivity contribution is 5.30. The SMILES string of the molecule is CC1(Oc2ccc(C(F)(F)F)cc2)CN(C2CCC(CC#N)(C(C)(C)C)CC2)C1.CCC.Cc1ccc(OC2(C)CN(C3CCC(C)(CC#N)CC3)C2)cc1. The Morgan fingerprint density at radius 2 is 1.05 bits per heavy atom. The van der Waals surface area contributed by atoms with E-state index in [2.05, 4.69) is 102 Å². The summed E-state index contributed by atoms with van der Waals surface area (Å²) in [5.41, 5.74) is 0.629. The molecule has 2 aromatic carbocycles. The van der Waals surface area contributed by atoms with E-state index in [1.165, 1.54) is 49.8 Å². The summed E-state index contributed by atoms with van der Waals surface area (Å²) in [6.07, 6.45) is 7.30. The number of nitriles is 2. The van der Waals surface area contributed by atoms with Gasteiger partial charge in [-0.15, -0.1) is 0 Å². The molecule has 55 heavy (non-hydrogen) atoms. The van der Waals surface area contributed by atoms with Crippen LogP contribution in [0.2, 0.25) is 0 Å². The van der Waals surface area contributed by atoms with Gasteiger partial charge in [0.2, 0.25) is 0 Å². The molecule has 2 aliphatic carbocycles. The maximum absolute atomic E-state index is 12.7. The third kappa shape index (κ3) is 11.6. The summed E-state index contributed by atoms with van der Waals surface area (Å²) >= 11 is 0. The molecule has 6 nitrogen and oxygen atoms in total. The lowest BCUT2D eigenvalue weighted by molar-refractivity contribution is -0.137. The van der Waals surface area contributed by atoms with Crippen molar-refractivity contribution < 1.29 is 22.6 Å². The quantitative estimate of drug-likeness (QED) is 0.267. The molecule has 0 unspecified atom stereocenters. The average molecular weight is 765 g/mol. The minimum atomic E-state index is -4.33. The molecule has 0 radical (unpaired) electrons. The Morgan fingerprint density at radius 1 is 0.673 bits per heavy atom. The average Bonchev–Trinajstić information content (AvgIpc) is 3.08. The zero-order valence-corrected chi connectivity index (χ0v) is 35.1. The van der Waals surface area contributed by atoms with Crippen molar-refractivity contribution in [3.05, 3.63) is 59.7 Å². The topological polar surface area (TPSA) is 72.5 Å². The van der Waals surface area contributed by atoms with Crippen molar-refractivity contribution in [1.82, 2.24) is 9.80 Å². The minimum Gasteiger partial charge on any atom is -0.485 e. The Kier molecular flexibility index (Phi) is 14.5. The highest BCUT2D eigenvalue weighted by Gasteiger charge is 2.50. The Hall–Kier alpha value is -3.27. The van der Waals surface area contributed by atoms with Crippen molar-refractivity contribution in [3.63, 3.8) is 0 Å². The van der Waals surface area contributed by atoms with Crippen LogP contribution in [0.25, 0.3) is 0 Å². The van der Waals surface area contributed by atoms with Crippen LogP contribution in [0, 0.1) is 45.8 Å². The van der Waals surface area contributed by atoms with Crippen molar-refractivity contribution in [1.29, 1.82) is 10.5 Å². The van der Waals surface area contributed by atoms with E-state index in [0.29, 0.717) is 30.7 Å². The number of ether oxygens (including phenoxy) is 2. The number of aryl methyl sites for hydroxylation is 1. The van der Waals surface area contributed by atoms with Crippen LogP contribution in [0.1, 0.15) is 137 Å². The Bertz CT molecular complexity index is 1570. The van der Waals surface area contributed by atoms with E-state index in [1.807, 2.05) is 6.92 Å². The summed E-state index contributed by atoms with van der Waals surface area (Å²) in [7, 11) is 0. The molecule has 4 aliphatic rings. The summed E-state index contributed by atoms with van der Waals surface area (Å²) in [6, 6.07) is 19.2. The molecule has 4 fully saturated rings. The summed E-state index contributed by atoms with van der Waals surface area (Å²) in [5, 5.41) is 18.3. The zero-order valence-electron chi connectivity index (χ0n) is 35.1. The van der Waals surface area contributed by atoms with Gasteiger partial charge in [0, 0.05) is 51.1 Å². The molecule has 2 saturated heterocycles. The molecular formula is C46H67F3N4O2. The largest absolute Gasteiger partial charge is 0.485 e. The molecule has 0 N–H and O–H groups in total. The zero-order chi connectivity index (χ0) is 40.7. The molecule has 6 rings (SSSR count). The molecule has 0 bridgehead atoms. The van der Waals surface area contributed by atoms with Crippen LogP contribution >= 0.6 is 0 Å². The molecule has 2 heterocycles. The van der Waals surface area contributed by atoms with Gasteiger partial charge in [0.1, 0.15) is 22.7 Å². The number of rotatable bonds is 8. The van der Waals surface area contributed by atoms with Crippen LogP contribution < -0.4 is 9.47 Å². The molecule has 9 heteroatoms. The number of benzene rings is 2. The van der Waals surface area contributed by atoms with E-state index in [-0.39, 0.29) is 27.4 Å². The first-order valence-electron chi connectivity index (χ1n) is 20.5. The van der Waals surface area contributed by atoms with Crippen LogP contribution in [0.3, 0.4) is 0 Å². The Labute approximate surface area is 330 Å². The van der Waals surface area contributed by atoms with E-state index >= 15 is 0 Å². The second kappa shape index (κ2) is 17.9. The number of halogens is 3. The number of likely N-dealkylation sites (tertiary alicyclic amines) is 2. The highest BCUT2D eigenvalue weighted by atomic mass is 19.4. The second-order valence-corrected chi connectivity index (χ2v) is 18.9. The minimum absolute atomic E-state index is 0.0529. The second-order valence-electron chi connectivity index (χ2n) is 18.9. The van der Waals surface area contributed by atoms with Crippen molar-refractivity contribution >= 4 is 0 Å². The van der Waals surface area contributed by atoms with E-state index < -0.39 is 11.7 Å². The van der Waals surface area contributed by atoms with Crippen molar-refractivity contribution in [3.8, 4) is 23.6 Å². The first-order chi connectivity index (χ1) is 25.7. The number of alkyl halides is 3. The van der Waals surface area contributed by atoms with Crippen molar-refractivity contribution in [2.75, 3.05) is 26.2 Å². The first-order valence-corrected chi connectivity index (χ1v) is 20.5. The predicted octanol–water partition coefficient (Wildman–Crippen LogP) is 11.8. The van der Waals surface area contributed by atoms with E-state index in [4.69, 9.17) is 14.7 Å². The van der Waals surface area contributed by atoms with Gasteiger partial charge in [0.05, 0.1) is 17.7 Å². The van der Waals surface area contributed by atoms with Crippen LogP contribution in [0.5, 0.6) is 11.5 Å². The van der Waals surface area contributed by atoms with Gasteiger partial charge in [-0.1, -0.05) is 65.7 Å². The first kappa shape index (κ1) is 44.4. The molecule has 2 aliphatic heterocycles. The molecular weight excluding hydrogens is 698 g/mol. The molecule has 2 aromatic rings. The van der Waals surface area contributed by atoms with Gasteiger partial charge in [0.15, 0.2) is 0 Å². The van der Waals surface area contributed by atoms with Crippen LogP contribution in [0.4, 0.5) is 13.2 Å². The van der Waals surface area contributed by atoms with Crippen molar-refractivity contribution in [2.45, 2.75) is 162 Å². The maximum atomic E-state index is 12.7. The summed E-state index contributed by atoms with van der Waals surface area (Å²) in [5.74, 6) is 1.45. The van der Waals surface area contributed by atoms with E-state index in [1.54, 1.807) is 0 Å². The van der Waals surface area contributed by atoms with E-state index in [9.17, 15) is 18.4 Å². The standard InChI is InChI=1S/C23H31F3N2O.C20H28N2O.C3H8/c1-20(2,3)22(13-14-27)11-9-18(10-12-22)28-15-21(4,16-28)29-19-7-5-17(6-8-19)23(24,25)26;1-16-4-6-18(7-5-16)23-20(3)14-22(15-20)17-8-10-19(2,11-9-17)12-13-21;1-3-2/h5-8,18H,9-13,15-16H2,1-4H3;4-7,17H,8-12,14-15H2,1-3H3;3H2,1-2H3. The smallest absolute Gasteiger partial charge is 0.416 e. The fraction of sp³-hybridized carbons (Fsp3) is 0.696. The molecule has 0 atom stereocenters. The molecule has 0 spiro atoms. The maximum Gasteiger partial charge on any atom is 0.416 e.